The van der Waals surface area contributed by atoms with E-state index in [4.69, 9.17) is 9.47 Å². The highest BCUT2D eigenvalue weighted by Crippen LogP contribution is 2.27. The molecular formula is C25H22N2O2. The molecule has 0 amide bonds. The van der Waals surface area contributed by atoms with Gasteiger partial charge < -0.3 is 9.47 Å². The summed E-state index contributed by atoms with van der Waals surface area (Å²) in [7, 11) is 0. The molecule has 0 aliphatic carbocycles. The topological polar surface area (TPSA) is 66.0 Å². The largest absolute Gasteiger partial charge is 0.488 e. The van der Waals surface area contributed by atoms with E-state index in [0.29, 0.717) is 35.8 Å². The van der Waals surface area contributed by atoms with Crippen LogP contribution in [-0.2, 0) is 13.2 Å². The Morgan fingerprint density at radius 3 is 1.52 bits per heavy atom. The van der Waals surface area contributed by atoms with Crippen molar-refractivity contribution in [3.63, 3.8) is 0 Å². The molecule has 0 radical (unpaired) electrons. The van der Waals surface area contributed by atoms with E-state index in [9.17, 15) is 10.5 Å². The van der Waals surface area contributed by atoms with Crippen molar-refractivity contribution in [2.24, 2.45) is 0 Å². The minimum absolute atomic E-state index is 0.373. The number of nitriles is 2. The van der Waals surface area contributed by atoms with Crippen LogP contribution in [0, 0.1) is 43.4 Å². The van der Waals surface area contributed by atoms with Crippen LogP contribution in [0.3, 0.4) is 0 Å². The smallest absolute Gasteiger partial charge is 0.137 e. The van der Waals surface area contributed by atoms with Crippen molar-refractivity contribution in [3.8, 4) is 23.6 Å². The Balaban J connectivity index is 1.85. The second-order valence-electron chi connectivity index (χ2n) is 6.89. The third kappa shape index (κ3) is 4.39. The van der Waals surface area contributed by atoms with E-state index in [2.05, 4.69) is 39.0 Å². The molecular weight excluding hydrogens is 360 g/mol. The molecule has 144 valence electrons. The highest BCUT2D eigenvalue weighted by Gasteiger charge is 2.14. The first-order valence-electron chi connectivity index (χ1n) is 9.37. The summed E-state index contributed by atoms with van der Waals surface area (Å²) in [6, 6.07) is 20.9. The zero-order valence-electron chi connectivity index (χ0n) is 16.8. The van der Waals surface area contributed by atoms with Crippen LogP contribution >= 0.6 is 0 Å². The number of benzene rings is 3. The molecule has 0 unspecified atom stereocenters. The standard InChI is InChI=1S/C25H22N2O2/c1-17-12-18(2)23(16-29-25-11-7-5-9-21(25)14-27)19(3)22(17)15-28-24-10-6-4-8-20(24)13-26/h4-12H,15-16H2,1-3H3. The van der Waals surface area contributed by atoms with E-state index >= 15 is 0 Å². The van der Waals surface area contributed by atoms with Gasteiger partial charge in [-0.15, -0.1) is 0 Å². The molecule has 0 fully saturated rings. The summed E-state index contributed by atoms with van der Waals surface area (Å²) in [6.07, 6.45) is 0. The first-order chi connectivity index (χ1) is 14.0. The maximum atomic E-state index is 9.26. The molecule has 29 heavy (non-hydrogen) atoms. The number of ether oxygens (including phenoxy) is 2. The van der Waals surface area contributed by atoms with E-state index in [1.807, 2.05) is 24.3 Å². The summed E-state index contributed by atoms with van der Waals surface area (Å²) in [6.45, 7) is 6.93. The second kappa shape index (κ2) is 8.95. The van der Waals surface area contributed by atoms with Crippen molar-refractivity contribution in [1.29, 1.82) is 10.5 Å². The van der Waals surface area contributed by atoms with Crippen LogP contribution in [0.15, 0.2) is 54.6 Å². The Hall–Kier alpha value is -3.76. The molecule has 3 aromatic rings. The van der Waals surface area contributed by atoms with Crippen molar-refractivity contribution in [2.75, 3.05) is 0 Å². The minimum Gasteiger partial charge on any atom is -0.488 e. The Kier molecular flexibility index (Phi) is 6.17. The van der Waals surface area contributed by atoms with Gasteiger partial charge in [0, 0.05) is 0 Å². The average molecular weight is 382 g/mol. The van der Waals surface area contributed by atoms with Gasteiger partial charge in [-0.3, -0.25) is 0 Å². The van der Waals surface area contributed by atoms with Crippen molar-refractivity contribution in [3.05, 3.63) is 93.5 Å². The molecule has 0 spiro atoms. The molecule has 3 rings (SSSR count). The van der Waals surface area contributed by atoms with Crippen molar-refractivity contribution in [2.45, 2.75) is 34.0 Å². The van der Waals surface area contributed by atoms with Crippen LogP contribution < -0.4 is 9.47 Å². The van der Waals surface area contributed by atoms with Gasteiger partial charge in [0.2, 0.25) is 0 Å². The van der Waals surface area contributed by atoms with Gasteiger partial charge in [-0.2, -0.15) is 10.5 Å². The molecule has 0 aliphatic heterocycles. The first-order valence-corrected chi connectivity index (χ1v) is 9.37. The Morgan fingerprint density at radius 2 is 1.10 bits per heavy atom. The summed E-state index contributed by atoms with van der Waals surface area (Å²) in [5.74, 6) is 1.16. The Morgan fingerprint density at radius 1 is 0.690 bits per heavy atom. The number of aryl methyl sites for hydroxylation is 2. The molecule has 0 aromatic heterocycles. The highest BCUT2D eigenvalue weighted by atomic mass is 16.5. The predicted molar refractivity (Wildman–Crippen MR) is 112 cm³/mol. The molecule has 0 bridgehead atoms. The summed E-state index contributed by atoms with van der Waals surface area (Å²) in [5.41, 5.74) is 6.57. The summed E-state index contributed by atoms with van der Waals surface area (Å²) >= 11 is 0. The van der Waals surface area contributed by atoms with Crippen molar-refractivity contribution < 1.29 is 9.47 Å². The van der Waals surface area contributed by atoms with Crippen LogP contribution in [-0.4, -0.2) is 0 Å². The highest BCUT2D eigenvalue weighted by molar-refractivity contribution is 5.47. The monoisotopic (exact) mass is 382 g/mol. The van der Waals surface area contributed by atoms with Gasteiger partial charge in [0.05, 0.1) is 11.1 Å². The van der Waals surface area contributed by atoms with Crippen molar-refractivity contribution >= 4 is 0 Å². The maximum absolute atomic E-state index is 9.26. The van der Waals surface area contributed by atoms with Gasteiger partial charge in [0.15, 0.2) is 0 Å². The summed E-state index contributed by atoms with van der Waals surface area (Å²) in [5, 5.41) is 18.5. The molecule has 4 heteroatoms. The van der Waals surface area contributed by atoms with E-state index in [1.54, 1.807) is 24.3 Å². The lowest BCUT2D eigenvalue weighted by molar-refractivity contribution is 0.296. The molecule has 0 atom stereocenters. The van der Waals surface area contributed by atoms with Crippen LogP contribution in [0.25, 0.3) is 0 Å². The number of rotatable bonds is 6. The molecule has 0 saturated heterocycles. The normalized spacial score (nSPS) is 10.1. The lowest BCUT2D eigenvalue weighted by Gasteiger charge is -2.19. The minimum atomic E-state index is 0.373. The molecule has 0 N–H and O–H groups in total. The molecule has 0 heterocycles. The van der Waals surface area contributed by atoms with E-state index < -0.39 is 0 Å². The zero-order valence-corrected chi connectivity index (χ0v) is 16.8. The SMILES string of the molecule is Cc1cc(C)c(COc2ccccc2C#N)c(C)c1COc1ccccc1C#N. The van der Waals surface area contributed by atoms with Gasteiger partial charge >= 0.3 is 0 Å². The summed E-state index contributed by atoms with van der Waals surface area (Å²) in [4.78, 5) is 0. The fraction of sp³-hybridized carbons (Fsp3) is 0.200. The zero-order chi connectivity index (χ0) is 20.8. The molecule has 3 aromatic carbocycles. The van der Waals surface area contributed by atoms with Crippen LogP contribution in [0.5, 0.6) is 11.5 Å². The third-order valence-electron chi connectivity index (χ3n) is 5.05. The third-order valence-corrected chi connectivity index (χ3v) is 5.05. The number of nitrogens with zero attached hydrogens (tertiary/aromatic N) is 2. The van der Waals surface area contributed by atoms with Gasteiger partial charge in [-0.05, 0) is 72.9 Å². The fourth-order valence-electron chi connectivity index (χ4n) is 3.39. The van der Waals surface area contributed by atoms with Gasteiger partial charge in [0.25, 0.3) is 0 Å². The molecule has 0 saturated carbocycles. The Labute approximate surface area is 171 Å². The van der Waals surface area contributed by atoms with Crippen molar-refractivity contribution in [1.82, 2.24) is 0 Å². The van der Waals surface area contributed by atoms with Gasteiger partial charge in [-0.25, -0.2) is 0 Å². The Bertz CT molecular complexity index is 1030. The number of hydrogen-bond acceptors (Lipinski definition) is 4. The van der Waals surface area contributed by atoms with E-state index in [1.165, 1.54) is 0 Å². The average Bonchev–Trinajstić information content (AvgIpc) is 2.73. The quantitative estimate of drug-likeness (QED) is 0.563. The second-order valence-corrected chi connectivity index (χ2v) is 6.89. The lowest BCUT2D eigenvalue weighted by Crippen LogP contribution is -2.08. The maximum Gasteiger partial charge on any atom is 0.137 e. The first kappa shape index (κ1) is 20.0. The lowest BCUT2D eigenvalue weighted by atomic mass is 9.94. The van der Waals surface area contributed by atoms with Crippen LogP contribution in [0.4, 0.5) is 0 Å². The summed E-state index contributed by atoms with van der Waals surface area (Å²) < 4.78 is 11.9. The molecule has 4 nitrogen and oxygen atoms in total. The van der Waals surface area contributed by atoms with E-state index in [-0.39, 0.29) is 0 Å². The van der Waals surface area contributed by atoms with Gasteiger partial charge in [-0.1, -0.05) is 30.3 Å². The predicted octanol–water partition coefficient (Wildman–Crippen LogP) is 5.51. The van der Waals surface area contributed by atoms with E-state index in [0.717, 1.165) is 27.8 Å². The van der Waals surface area contributed by atoms with Crippen LogP contribution in [0.2, 0.25) is 0 Å². The number of hydrogen-bond donors (Lipinski definition) is 0. The molecule has 0 aliphatic rings. The van der Waals surface area contributed by atoms with Crippen LogP contribution in [0.1, 0.15) is 38.9 Å². The van der Waals surface area contributed by atoms with Gasteiger partial charge in [0.1, 0.15) is 36.9 Å². The fourth-order valence-corrected chi connectivity index (χ4v) is 3.39. The number of para-hydroxylation sites is 2.